The summed E-state index contributed by atoms with van der Waals surface area (Å²) in [7, 11) is 0. The smallest absolute Gasteiger partial charge is 0.238 e. The molecule has 5 heteroatoms. The van der Waals surface area contributed by atoms with E-state index in [1.54, 1.807) is 12.3 Å². The summed E-state index contributed by atoms with van der Waals surface area (Å²) in [4.78, 5) is 8.32. The summed E-state index contributed by atoms with van der Waals surface area (Å²) in [5, 5.41) is 1.42. The van der Waals surface area contributed by atoms with Crippen LogP contribution in [0.15, 0.2) is 48.8 Å². The van der Waals surface area contributed by atoms with Gasteiger partial charge in [0.1, 0.15) is 10.8 Å². The number of hydrogen-bond donors (Lipinski definition) is 1. The molecular weight excluding hydrogens is 262 g/mol. The zero-order valence-electron chi connectivity index (χ0n) is 9.88. The van der Waals surface area contributed by atoms with Gasteiger partial charge in [0.05, 0.1) is 17.4 Å². The van der Waals surface area contributed by atoms with E-state index in [1.165, 1.54) is 6.20 Å². The van der Waals surface area contributed by atoms with Crippen molar-refractivity contribution in [1.82, 2.24) is 9.97 Å². The summed E-state index contributed by atoms with van der Waals surface area (Å²) in [6.07, 6.45) is 3.24. The second kappa shape index (κ2) is 4.74. The molecule has 0 aliphatic rings. The van der Waals surface area contributed by atoms with Gasteiger partial charge >= 0.3 is 0 Å². The van der Waals surface area contributed by atoms with Crippen LogP contribution in [0.2, 0.25) is 5.02 Å². The zero-order chi connectivity index (χ0) is 13.2. The Labute approximate surface area is 114 Å². The third-order valence-corrected chi connectivity index (χ3v) is 2.89. The van der Waals surface area contributed by atoms with Gasteiger partial charge in [-0.15, -0.1) is 0 Å². The minimum absolute atomic E-state index is 0.325. The molecule has 2 aromatic heterocycles. The molecule has 0 saturated heterocycles. The summed E-state index contributed by atoms with van der Waals surface area (Å²) in [5.41, 5.74) is 6.93. The standard InChI is InChI=1S/C14H10ClN3O/c15-12-6-10(16)8-18-14(12)19-11-4-3-9-2-1-5-17-13(9)7-11/h1-8H,16H2. The molecule has 0 radical (unpaired) electrons. The van der Waals surface area contributed by atoms with Crippen molar-refractivity contribution in [2.24, 2.45) is 0 Å². The Morgan fingerprint density at radius 2 is 2.00 bits per heavy atom. The fraction of sp³-hybridized carbons (Fsp3) is 0. The van der Waals surface area contributed by atoms with Crippen LogP contribution in [0.4, 0.5) is 5.69 Å². The van der Waals surface area contributed by atoms with Gasteiger partial charge in [-0.25, -0.2) is 4.98 Å². The summed E-state index contributed by atoms with van der Waals surface area (Å²) in [6, 6.07) is 11.1. The number of nitrogen functional groups attached to an aromatic ring is 1. The number of rotatable bonds is 2. The number of anilines is 1. The summed E-state index contributed by atoms with van der Waals surface area (Å²) in [6.45, 7) is 0. The van der Waals surface area contributed by atoms with Gasteiger partial charge in [0, 0.05) is 17.6 Å². The van der Waals surface area contributed by atoms with Crippen molar-refractivity contribution < 1.29 is 4.74 Å². The number of nitrogens with two attached hydrogens (primary N) is 1. The van der Waals surface area contributed by atoms with E-state index in [9.17, 15) is 0 Å². The Hall–Kier alpha value is -2.33. The van der Waals surface area contributed by atoms with Gasteiger partial charge in [0.15, 0.2) is 0 Å². The van der Waals surface area contributed by atoms with Crippen LogP contribution in [0.1, 0.15) is 0 Å². The highest BCUT2D eigenvalue weighted by Gasteiger charge is 2.06. The van der Waals surface area contributed by atoms with E-state index < -0.39 is 0 Å². The van der Waals surface area contributed by atoms with Gasteiger partial charge in [-0.05, 0) is 24.3 Å². The lowest BCUT2D eigenvalue weighted by molar-refractivity contribution is 0.464. The fourth-order valence-electron chi connectivity index (χ4n) is 1.74. The van der Waals surface area contributed by atoms with Crippen molar-refractivity contribution in [3.63, 3.8) is 0 Å². The second-order valence-corrected chi connectivity index (χ2v) is 4.42. The molecule has 0 unspecified atom stereocenters. The maximum atomic E-state index is 6.01. The predicted molar refractivity (Wildman–Crippen MR) is 75.5 cm³/mol. The molecule has 19 heavy (non-hydrogen) atoms. The van der Waals surface area contributed by atoms with Crippen LogP contribution >= 0.6 is 11.6 Å². The van der Waals surface area contributed by atoms with E-state index in [-0.39, 0.29) is 0 Å². The lowest BCUT2D eigenvalue weighted by Crippen LogP contribution is -1.92. The van der Waals surface area contributed by atoms with Crippen LogP contribution < -0.4 is 10.5 Å². The van der Waals surface area contributed by atoms with E-state index in [0.717, 1.165) is 10.9 Å². The Morgan fingerprint density at radius 3 is 2.84 bits per heavy atom. The first-order valence-corrected chi connectivity index (χ1v) is 6.04. The second-order valence-electron chi connectivity index (χ2n) is 4.02. The van der Waals surface area contributed by atoms with Crippen LogP contribution in [0.3, 0.4) is 0 Å². The van der Waals surface area contributed by atoms with Gasteiger partial charge in [0.25, 0.3) is 0 Å². The molecule has 3 rings (SSSR count). The Kier molecular flexibility index (Phi) is 2.93. The van der Waals surface area contributed by atoms with E-state index in [2.05, 4.69) is 9.97 Å². The molecular formula is C14H10ClN3O. The normalized spacial score (nSPS) is 10.6. The Balaban J connectivity index is 1.96. The first kappa shape index (κ1) is 11.7. The first-order valence-electron chi connectivity index (χ1n) is 5.66. The Bertz CT molecular complexity index is 746. The number of pyridine rings is 2. The monoisotopic (exact) mass is 271 g/mol. The molecule has 2 N–H and O–H groups in total. The SMILES string of the molecule is Nc1cnc(Oc2ccc3cccnc3c2)c(Cl)c1. The molecule has 2 heterocycles. The number of aromatic nitrogens is 2. The minimum atomic E-state index is 0.325. The van der Waals surface area contributed by atoms with Crippen molar-refractivity contribution in [3.05, 3.63) is 53.8 Å². The van der Waals surface area contributed by atoms with Crippen LogP contribution in [0.5, 0.6) is 11.6 Å². The summed E-state index contributed by atoms with van der Waals surface area (Å²) < 4.78 is 5.63. The number of ether oxygens (including phenoxy) is 1. The number of hydrogen-bond acceptors (Lipinski definition) is 4. The molecule has 0 atom stereocenters. The quantitative estimate of drug-likeness (QED) is 0.773. The van der Waals surface area contributed by atoms with Gasteiger partial charge in [-0.3, -0.25) is 4.98 Å². The van der Waals surface area contributed by atoms with Gasteiger partial charge in [-0.1, -0.05) is 17.7 Å². The summed E-state index contributed by atoms with van der Waals surface area (Å²) >= 11 is 6.01. The van der Waals surface area contributed by atoms with Crippen molar-refractivity contribution in [2.75, 3.05) is 5.73 Å². The lowest BCUT2D eigenvalue weighted by Gasteiger charge is -2.07. The highest BCUT2D eigenvalue weighted by Crippen LogP contribution is 2.29. The molecule has 0 amide bonds. The third-order valence-electron chi connectivity index (χ3n) is 2.62. The third kappa shape index (κ3) is 2.44. The minimum Gasteiger partial charge on any atom is -0.437 e. The molecule has 4 nitrogen and oxygen atoms in total. The highest BCUT2D eigenvalue weighted by molar-refractivity contribution is 6.32. The van der Waals surface area contributed by atoms with Crippen LogP contribution in [-0.2, 0) is 0 Å². The van der Waals surface area contributed by atoms with Crippen LogP contribution in [0.25, 0.3) is 10.9 Å². The molecule has 1 aromatic carbocycles. The maximum absolute atomic E-state index is 6.01. The topological polar surface area (TPSA) is 61.0 Å². The van der Waals surface area contributed by atoms with E-state index in [1.807, 2.05) is 30.3 Å². The average Bonchev–Trinajstić information content (AvgIpc) is 2.42. The van der Waals surface area contributed by atoms with E-state index >= 15 is 0 Å². The number of fused-ring (bicyclic) bond motifs is 1. The molecule has 0 aliphatic heterocycles. The van der Waals surface area contributed by atoms with Crippen molar-refractivity contribution in [2.45, 2.75) is 0 Å². The Morgan fingerprint density at radius 1 is 1.11 bits per heavy atom. The molecule has 94 valence electrons. The van der Waals surface area contributed by atoms with Gasteiger partial charge in [-0.2, -0.15) is 0 Å². The molecule has 3 aromatic rings. The van der Waals surface area contributed by atoms with Crippen molar-refractivity contribution in [1.29, 1.82) is 0 Å². The molecule has 0 spiro atoms. The number of halogens is 1. The molecule has 0 aliphatic carbocycles. The zero-order valence-corrected chi connectivity index (χ0v) is 10.6. The van der Waals surface area contributed by atoms with Gasteiger partial charge in [0.2, 0.25) is 5.88 Å². The number of nitrogens with zero attached hydrogens (tertiary/aromatic N) is 2. The maximum Gasteiger partial charge on any atom is 0.238 e. The van der Waals surface area contributed by atoms with Crippen molar-refractivity contribution in [3.8, 4) is 11.6 Å². The summed E-state index contributed by atoms with van der Waals surface area (Å²) in [5.74, 6) is 0.955. The average molecular weight is 272 g/mol. The first-order chi connectivity index (χ1) is 9.22. The highest BCUT2D eigenvalue weighted by atomic mass is 35.5. The predicted octanol–water partition coefficient (Wildman–Crippen LogP) is 3.66. The van der Waals surface area contributed by atoms with Crippen molar-refractivity contribution >= 4 is 28.2 Å². The van der Waals surface area contributed by atoms with Crippen LogP contribution in [0, 0.1) is 0 Å². The molecule has 0 bridgehead atoms. The van der Waals surface area contributed by atoms with E-state index in [4.69, 9.17) is 22.1 Å². The number of benzene rings is 1. The largest absolute Gasteiger partial charge is 0.437 e. The lowest BCUT2D eigenvalue weighted by atomic mass is 10.2. The van der Waals surface area contributed by atoms with Crippen LogP contribution in [-0.4, -0.2) is 9.97 Å². The molecule has 0 saturated carbocycles. The van der Waals surface area contributed by atoms with Gasteiger partial charge < -0.3 is 10.5 Å². The fourth-order valence-corrected chi connectivity index (χ4v) is 1.95. The van der Waals surface area contributed by atoms with E-state index in [0.29, 0.717) is 22.3 Å². The molecule has 0 fully saturated rings.